The minimum Gasteiger partial charge on any atom is -0.497 e. The molecule has 1 unspecified atom stereocenters. The molecule has 2 amide bonds. The van der Waals surface area contributed by atoms with E-state index >= 15 is 0 Å². The Labute approximate surface area is 238 Å². The van der Waals surface area contributed by atoms with Crippen LogP contribution in [0.5, 0.6) is 5.75 Å². The first-order valence-corrected chi connectivity index (χ1v) is 14.3. The van der Waals surface area contributed by atoms with Crippen molar-refractivity contribution < 1.29 is 32.3 Å². The molecule has 1 aromatic heterocycles. The third kappa shape index (κ3) is 8.27. The summed E-state index contributed by atoms with van der Waals surface area (Å²) < 4.78 is 37.7. The molecule has 0 aliphatic heterocycles. The number of carbonyl (C=O) groups is 3. The van der Waals surface area contributed by atoms with Crippen LogP contribution in [0.1, 0.15) is 57.0 Å². The van der Waals surface area contributed by atoms with Gasteiger partial charge in [-0.2, -0.15) is 0 Å². The summed E-state index contributed by atoms with van der Waals surface area (Å²) in [5, 5.41) is 3.06. The van der Waals surface area contributed by atoms with E-state index in [9.17, 15) is 22.8 Å². The largest absolute Gasteiger partial charge is 0.497 e. The lowest BCUT2D eigenvalue weighted by atomic mass is 10.1. The van der Waals surface area contributed by atoms with Gasteiger partial charge in [-0.25, -0.2) is 22.9 Å². The van der Waals surface area contributed by atoms with E-state index < -0.39 is 21.9 Å². The van der Waals surface area contributed by atoms with E-state index in [4.69, 9.17) is 21.1 Å². The molecule has 2 N–H and O–H groups in total. The number of rotatable bonds is 12. The second kappa shape index (κ2) is 13.9. The fourth-order valence-corrected chi connectivity index (χ4v) is 4.53. The number of nitrogens with zero attached hydrogens (tertiary/aromatic N) is 1. The summed E-state index contributed by atoms with van der Waals surface area (Å²) in [5.74, 6) is -1.17. The zero-order valence-electron chi connectivity index (χ0n) is 22.3. The Bertz CT molecular complexity index is 1460. The van der Waals surface area contributed by atoms with Gasteiger partial charge >= 0.3 is 5.97 Å². The van der Waals surface area contributed by atoms with Gasteiger partial charge in [-0.05, 0) is 60.4 Å². The Balaban J connectivity index is 1.54. The first-order valence-electron chi connectivity index (χ1n) is 12.4. The van der Waals surface area contributed by atoms with Crippen molar-refractivity contribution in [3.05, 3.63) is 88.2 Å². The van der Waals surface area contributed by atoms with Crippen molar-refractivity contribution in [3.8, 4) is 5.75 Å². The highest BCUT2D eigenvalue weighted by molar-refractivity contribution is 7.90. The number of methoxy groups -OCH3 is 1. The standard InChI is InChI=1S/C28H30ClN3O7S/c1-4-18(2)17-39-28(35)25-12-7-20(16-31-25)26(33)32-40(36,37)22-9-5-19(6-10-22)13-14-30-27(34)23-15-21(38-3)8-11-24(23)29/h5-12,15-16,18H,4,13-14,17H2,1-3H3,(H,30,34)(H,32,33). The van der Waals surface area contributed by atoms with E-state index in [0.717, 1.165) is 18.2 Å². The minimum atomic E-state index is -4.17. The second-order valence-corrected chi connectivity index (χ2v) is 11.1. The van der Waals surface area contributed by atoms with Crippen LogP contribution in [0.25, 0.3) is 0 Å². The summed E-state index contributed by atoms with van der Waals surface area (Å²) in [6.07, 6.45) is 2.40. The molecular weight excluding hydrogens is 558 g/mol. The molecule has 10 nitrogen and oxygen atoms in total. The number of benzene rings is 2. The Morgan fingerprint density at radius 3 is 2.38 bits per heavy atom. The van der Waals surface area contributed by atoms with Crippen molar-refractivity contribution in [2.75, 3.05) is 20.3 Å². The van der Waals surface area contributed by atoms with Crippen molar-refractivity contribution >= 4 is 39.4 Å². The molecule has 212 valence electrons. The normalized spacial score (nSPS) is 11.8. The van der Waals surface area contributed by atoms with Crippen LogP contribution in [0.2, 0.25) is 5.02 Å². The fourth-order valence-electron chi connectivity index (χ4n) is 3.35. The summed E-state index contributed by atoms with van der Waals surface area (Å²) in [7, 11) is -2.68. The lowest BCUT2D eigenvalue weighted by molar-refractivity contribution is 0.0439. The molecular formula is C28H30ClN3O7S. The fraction of sp³-hybridized carbons (Fsp3) is 0.286. The van der Waals surface area contributed by atoms with Gasteiger partial charge in [0.15, 0.2) is 0 Å². The predicted octanol–water partition coefficient (Wildman–Crippen LogP) is 4.04. The summed E-state index contributed by atoms with van der Waals surface area (Å²) in [6.45, 7) is 4.46. The molecule has 40 heavy (non-hydrogen) atoms. The number of sulfonamides is 1. The third-order valence-electron chi connectivity index (χ3n) is 6.01. The van der Waals surface area contributed by atoms with E-state index in [1.807, 2.05) is 18.6 Å². The SMILES string of the molecule is CCC(C)COC(=O)c1ccc(C(=O)NS(=O)(=O)c2ccc(CCNC(=O)c3cc(OC)ccc3Cl)cc2)cn1. The Kier molecular flexibility index (Phi) is 10.6. The number of aromatic nitrogens is 1. The van der Waals surface area contributed by atoms with Gasteiger partial charge in [0.2, 0.25) is 0 Å². The summed E-state index contributed by atoms with van der Waals surface area (Å²) in [6, 6.07) is 13.3. The van der Waals surface area contributed by atoms with Gasteiger partial charge in [-0.3, -0.25) is 9.59 Å². The molecule has 0 spiro atoms. The quantitative estimate of drug-likeness (QED) is 0.303. The highest BCUT2D eigenvalue weighted by Crippen LogP contribution is 2.22. The molecule has 3 rings (SSSR count). The minimum absolute atomic E-state index is 0.0149. The Hall–Kier alpha value is -3.96. The Morgan fingerprint density at radius 2 is 1.75 bits per heavy atom. The van der Waals surface area contributed by atoms with Crippen molar-refractivity contribution in [1.29, 1.82) is 0 Å². The number of esters is 1. The first-order chi connectivity index (χ1) is 19.0. The topological polar surface area (TPSA) is 141 Å². The van der Waals surface area contributed by atoms with Crippen molar-refractivity contribution in [2.24, 2.45) is 5.92 Å². The van der Waals surface area contributed by atoms with Gasteiger partial charge in [0.05, 0.1) is 34.8 Å². The maximum Gasteiger partial charge on any atom is 0.356 e. The molecule has 0 saturated heterocycles. The molecule has 1 heterocycles. The number of carbonyl (C=O) groups excluding carboxylic acids is 3. The van der Waals surface area contributed by atoms with Crippen LogP contribution in [0, 0.1) is 5.92 Å². The highest BCUT2D eigenvalue weighted by atomic mass is 35.5. The molecule has 12 heteroatoms. The van der Waals surface area contributed by atoms with E-state index in [1.54, 1.807) is 30.3 Å². The number of ether oxygens (including phenoxy) is 2. The third-order valence-corrected chi connectivity index (χ3v) is 7.69. The number of amides is 2. The van der Waals surface area contributed by atoms with Gasteiger partial charge in [0.1, 0.15) is 11.4 Å². The van der Waals surface area contributed by atoms with E-state index in [-0.39, 0.29) is 46.7 Å². The van der Waals surface area contributed by atoms with Crippen molar-refractivity contribution in [3.63, 3.8) is 0 Å². The van der Waals surface area contributed by atoms with E-state index in [2.05, 4.69) is 10.3 Å². The van der Waals surface area contributed by atoms with Gasteiger partial charge in [0.25, 0.3) is 21.8 Å². The predicted molar refractivity (Wildman–Crippen MR) is 149 cm³/mol. The van der Waals surface area contributed by atoms with Gasteiger partial charge in [-0.1, -0.05) is 44.0 Å². The lowest BCUT2D eigenvalue weighted by Crippen LogP contribution is -2.30. The molecule has 2 aromatic carbocycles. The summed E-state index contributed by atoms with van der Waals surface area (Å²) >= 11 is 6.10. The van der Waals surface area contributed by atoms with Gasteiger partial charge in [0, 0.05) is 12.7 Å². The summed E-state index contributed by atoms with van der Waals surface area (Å²) in [5.41, 5.74) is 1.03. The van der Waals surface area contributed by atoms with Gasteiger partial charge in [-0.15, -0.1) is 0 Å². The molecule has 1 atom stereocenters. The van der Waals surface area contributed by atoms with Crippen LogP contribution in [-0.4, -0.2) is 51.4 Å². The average molecular weight is 588 g/mol. The highest BCUT2D eigenvalue weighted by Gasteiger charge is 2.20. The van der Waals surface area contributed by atoms with E-state index in [0.29, 0.717) is 17.2 Å². The van der Waals surface area contributed by atoms with Crippen LogP contribution in [0.4, 0.5) is 0 Å². The second-order valence-electron chi connectivity index (χ2n) is 8.97. The zero-order valence-corrected chi connectivity index (χ0v) is 23.8. The number of nitrogens with one attached hydrogen (secondary N) is 2. The summed E-state index contributed by atoms with van der Waals surface area (Å²) in [4.78, 5) is 40.8. The molecule has 0 bridgehead atoms. The van der Waals surface area contributed by atoms with E-state index in [1.165, 1.54) is 31.4 Å². The average Bonchev–Trinajstić information content (AvgIpc) is 2.96. The zero-order chi connectivity index (χ0) is 29.3. The molecule has 0 radical (unpaired) electrons. The molecule has 3 aromatic rings. The maximum absolute atomic E-state index is 12.7. The van der Waals surface area contributed by atoms with Crippen LogP contribution in [-0.2, 0) is 21.2 Å². The van der Waals surface area contributed by atoms with Crippen LogP contribution >= 0.6 is 11.6 Å². The molecule has 0 saturated carbocycles. The number of halogens is 1. The van der Waals surface area contributed by atoms with Gasteiger partial charge < -0.3 is 14.8 Å². The first kappa shape index (κ1) is 30.6. The lowest BCUT2D eigenvalue weighted by Gasteiger charge is -2.10. The van der Waals surface area contributed by atoms with Crippen molar-refractivity contribution in [1.82, 2.24) is 15.0 Å². The number of pyridine rings is 1. The number of hydrogen-bond acceptors (Lipinski definition) is 8. The van der Waals surface area contributed by atoms with Crippen LogP contribution < -0.4 is 14.8 Å². The number of hydrogen-bond donors (Lipinski definition) is 2. The maximum atomic E-state index is 12.7. The molecule has 0 fully saturated rings. The molecule has 0 aliphatic carbocycles. The monoisotopic (exact) mass is 587 g/mol. The van der Waals surface area contributed by atoms with Crippen molar-refractivity contribution in [2.45, 2.75) is 31.6 Å². The smallest absolute Gasteiger partial charge is 0.356 e. The van der Waals surface area contributed by atoms with Crippen LogP contribution in [0.3, 0.4) is 0 Å². The molecule has 0 aliphatic rings. The van der Waals surface area contributed by atoms with Crippen LogP contribution in [0.15, 0.2) is 65.7 Å². The Morgan fingerprint density at radius 1 is 1.02 bits per heavy atom.